The number of anilines is 2. The number of urea groups is 1. The van der Waals surface area contributed by atoms with Gasteiger partial charge >= 0.3 is 6.03 Å². The Labute approximate surface area is 257 Å². The molecule has 9 nitrogen and oxygen atoms in total. The normalized spacial score (nSPS) is 14.0. The number of hydrogen-bond acceptors (Lipinski definition) is 7. The van der Waals surface area contributed by atoms with Crippen LogP contribution in [0.2, 0.25) is 0 Å². The molecular weight excluding hydrogens is 583 g/mol. The number of nitrogens with one attached hydrogen (secondary N) is 2. The molecule has 11 heteroatoms. The molecule has 1 aliphatic heterocycles. The van der Waals surface area contributed by atoms with Gasteiger partial charge in [0, 0.05) is 55.0 Å². The Bertz CT molecular complexity index is 1520. The molecule has 0 saturated carbocycles. The number of rotatable bonds is 12. The number of amides is 2. The number of sulfonamides is 1. The lowest BCUT2D eigenvalue weighted by molar-refractivity contribution is 0.0614. The fourth-order valence-corrected chi connectivity index (χ4v) is 6.48. The summed E-state index contributed by atoms with van der Waals surface area (Å²) in [6, 6.07) is 27.5. The first-order valence-corrected chi connectivity index (χ1v) is 17.2. The molecule has 1 fully saturated rings. The second-order valence-corrected chi connectivity index (χ2v) is 13.3. The summed E-state index contributed by atoms with van der Waals surface area (Å²) in [6.45, 7) is 2.79. The highest BCUT2D eigenvalue weighted by atomic mass is 32.2. The van der Waals surface area contributed by atoms with Gasteiger partial charge in [-0.2, -0.15) is 9.36 Å². The van der Waals surface area contributed by atoms with Crippen molar-refractivity contribution in [3.8, 4) is 11.4 Å². The van der Waals surface area contributed by atoms with E-state index in [4.69, 9.17) is 4.74 Å². The summed E-state index contributed by atoms with van der Waals surface area (Å²) in [5.74, 6) is 1.17. The fourth-order valence-electron chi connectivity index (χ4n) is 5.33. The molecule has 0 spiro atoms. The summed E-state index contributed by atoms with van der Waals surface area (Å²) in [5, 5.41) is 3.40. The van der Waals surface area contributed by atoms with E-state index in [0.29, 0.717) is 35.7 Å². The van der Waals surface area contributed by atoms with Crippen molar-refractivity contribution in [2.75, 3.05) is 42.6 Å². The molecular formula is C32H37N5O4S2. The van der Waals surface area contributed by atoms with Crippen molar-refractivity contribution in [2.24, 2.45) is 5.92 Å². The van der Waals surface area contributed by atoms with Crippen LogP contribution in [0.3, 0.4) is 0 Å². The van der Waals surface area contributed by atoms with E-state index in [2.05, 4.69) is 67.9 Å². The molecule has 1 aliphatic rings. The Kier molecular flexibility index (Phi) is 10.4. The zero-order valence-electron chi connectivity index (χ0n) is 24.2. The minimum Gasteiger partial charge on any atom is -0.381 e. The van der Waals surface area contributed by atoms with E-state index in [9.17, 15) is 13.2 Å². The summed E-state index contributed by atoms with van der Waals surface area (Å²) in [6.07, 6.45) is 4.85. The minimum absolute atomic E-state index is 0.161. The van der Waals surface area contributed by atoms with Gasteiger partial charge in [-0.1, -0.05) is 60.7 Å². The van der Waals surface area contributed by atoms with Crippen molar-refractivity contribution in [2.45, 2.75) is 31.6 Å². The maximum absolute atomic E-state index is 13.7. The molecule has 226 valence electrons. The molecule has 5 rings (SSSR count). The van der Waals surface area contributed by atoms with Gasteiger partial charge < -0.3 is 9.64 Å². The van der Waals surface area contributed by atoms with E-state index in [1.807, 2.05) is 17.0 Å². The Hall–Kier alpha value is -3.80. The van der Waals surface area contributed by atoms with Gasteiger partial charge in [-0.05, 0) is 67.0 Å². The van der Waals surface area contributed by atoms with Gasteiger partial charge in [-0.25, -0.2) is 13.2 Å². The monoisotopic (exact) mass is 619 g/mol. The summed E-state index contributed by atoms with van der Waals surface area (Å²) >= 11 is 1.12. The molecule has 2 N–H and O–H groups in total. The molecule has 43 heavy (non-hydrogen) atoms. The van der Waals surface area contributed by atoms with E-state index in [0.717, 1.165) is 62.2 Å². The quantitative estimate of drug-likeness (QED) is 0.188. The standard InChI is InChI=1S/C32H37N5O4S2/c1-43(39,40)36-28-14-12-27(13-15-28)30-33-31(42-35-30)34-32(38)37(20-16-24-18-22-41-23-19-24)21-17-29(25-8-4-2-5-9-25)26-10-6-3-7-11-26/h2-15,24,29,36H,16-23H2,1H3,(H,33,34,35,38). The summed E-state index contributed by atoms with van der Waals surface area (Å²) in [4.78, 5) is 20.1. The number of ether oxygens (including phenoxy) is 1. The predicted molar refractivity (Wildman–Crippen MR) is 172 cm³/mol. The second-order valence-electron chi connectivity index (χ2n) is 10.8. The average molecular weight is 620 g/mol. The van der Waals surface area contributed by atoms with Gasteiger partial charge in [0.05, 0.1) is 6.26 Å². The number of aromatic nitrogens is 2. The molecule has 1 aromatic heterocycles. The Morgan fingerprint density at radius 2 is 1.58 bits per heavy atom. The van der Waals surface area contributed by atoms with Gasteiger partial charge in [-0.15, -0.1) is 0 Å². The molecule has 0 radical (unpaired) electrons. The second kappa shape index (κ2) is 14.6. The molecule has 2 heterocycles. The van der Waals surface area contributed by atoms with Crippen molar-refractivity contribution in [1.82, 2.24) is 14.3 Å². The van der Waals surface area contributed by atoms with E-state index in [1.54, 1.807) is 24.3 Å². The third-order valence-corrected chi connectivity index (χ3v) is 8.85. The van der Waals surface area contributed by atoms with Crippen LogP contribution in [0, 0.1) is 5.92 Å². The van der Waals surface area contributed by atoms with Gasteiger partial charge in [-0.3, -0.25) is 10.0 Å². The molecule has 0 aliphatic carbocycles. The first kappa shape index (κ1) is 30.7. The van der Waals surface area contributed by atoms with Gasteiger partial charge in [0.1, 0.15) is 0 Å². The number of carbonyl (C=O) groups excluding carboxylic acids is 1. The summed E-state index contributed by atoms with van der Waals surface area (Å²) in [5.41, 5.74) is 3.63. The van der Waals surface area contributed by atoms with Gasteiger partial charge in [0.2, 0.25) is 15.2 Å². The minimum atomic E-state index is -3.36. The van der Waals surface area contributed by atoms with Crippen molar-refractivity contribution >= 4 is 38.4 Å². The number of carbonyl (C=O) groups is 1. The average Bonchev–Trinajstić information content (AvgIpc) is 3.48. The molecule has 0 atom stereocenters. The lowest BCUT2D eigenvalue weighted by atomic mass is 9.88. The van der Waals surface area contributed by atoms with Crippen molar-refractivity contribution in [3.63, 3.8) is 0 Å². The highest BCUT2D eigenvalue weighted by Gasteiger charge is 2.22. The predicted octanol–water partition coefficient (Wildman–Crippen LogP) is 6.45. The largest absolute Gasteiger partial charge is 0.381 e. The van der Waals surface area contributed by atoms with Crippen LogP contribution in [-0.2, 0) is 14.8 Å². The Balaban J connectivity index is 1.29. The highest BCUT2D eigenvalue weighted by Crippen LogP contribution is 2.29. The molecule has 3 aromatic carbocycles. The maximum Gasteiger partial charge on any atom is 0.323 e. The molecule has 0 bridgehead atoms. The van der Waals surface area contributed by atoms with E-state index in [1.165, 1.54) is 11.1 Å². The van der Waals surface area contributed by atoms with Crippen LogP contribution < -0.4 is 10.0 Å². The molecule has 2 amide bonds. The van der Waals surface area contributed by atoms with Crippen molar-refractivity contribution in [3.05, 3.63) is 96.1 Å². The van der Waals surface area contributed by atoms with Crippen LogP contribution in [0.1, 0.15) is 42.7 Å². The Morgan fingerprint density at radius 1 is 0.953 bits per heavy atom. The van der Waals surface area contributed by atoms with Gasteiger partial charge in [0.25, 0.3) is 0 Å². The lowest BCUT2D eigenvalue weighted by Gasteiger charge is -2.28. The van der Waals surface area contributed by atoms with Crippen molar-refractivity contribution < 1.29 is 17.9 Å². The highest BCUT2D eigenvalue weighted by molar-refractivity contribution is 7.92. The lowest BCUT2D eigenvalue weighted by Crippen LogP contribution is -2.38. The number of benzene rings is 3. The van der Waals surface area contributed by atoms with E-state index >= 15 is 0 Å². The zero-order chi connectivity index (χ0) is 30.1. The van der Waals surface area contributed by atoms with Crippen LogP contribution in [0.25, 0.3) is 11.4 Å². The van der Waals surface area contributed by atoms with Crippen LogP contribution in [0.5, 0.6) is 0 Å². The van der Waals surface area contributed by atoms with E-state index in [-0.39, 0.29) is 11.9 Å². The van der Waals surface area contributed by atoms with Crippen LogP contribution in [0.15, 0.2) is 84.9 Å². The molecule has 1 saturated heterocycles. The molecule has 0 unspecified atom stereocenters. The van der Waals surface area contributed by atoms with Gasteiger partial charge in [0.15, 0.2) is 5.82 Å². The van der Waals surface area contributed by atoms with Crippen LogP contribution in [-0.4, -0.2) is 61.3 Å². The topological polar surface area (TPSA) is 114 Å². The summed E-state index contributed by atoms with van der Waals surface area (Å²) in [7, 11) is -3.36. The number of hydrogen-bond donors (Lipinski definition) is 2. The Morgan fingerprint density at radius 3 is 2.19 bits per heavy atom. The maximum atomic E-state index is 13.7. The molecule has 4 aromatic rings. The van der Waals surface area contributed by atoms with Crippen molar-refractivity contribution in [1.29, 1.82) is 0 Å². The fraction of sp³-hybridized carbons (Fsp3) is 0.344. The van der Waals surface area contributed by atoms with Crippen LogP contribution in [0.4, 0.5) is 15.6 Å². The third-order valence-electron chi connectivity index (χ3n) is 7.61. The third kappa shape index (κ3) is 9.09. The first-order valence-electron chi connectivity index (χ1n) is 14.5. The van der Waals surface area contributed by atoms with E-state index < -0.39 is 10.0 Å². The summed E-state index contributed by atoms with van der Waals surface area (Å²) < 4.78 is 35.4. The van der Waals surface area contributed by atoms with Crippen LogP contribution >= 0.6 is 11.5 Å². The SMILES string of the molecule is CS(=O)(=O)Nc1ccc(-c2nsc(NC(=O)N(CCC3CCOCC3)CCC(c3ccccc3)c3ccccc3)n2)cc1. The first-order chi connectivity index (χ1) is 20.8. The number of nitrogens with zero attached hydrogens (tertiary/aromatic N) is 3. The zero-order valence-corrected chi connectivity index (χ0v) is 25.8. The smallest absolute Gasteiger partial charge is 0.323 e.